The van der Waals surface area contributed by atoms with E-state index in [1.165, 1.54) is 11.3 Å². The van der Waals surface area contributed by atoms with Gasteiger partial charge in [0.25, 0.3) is 5.91 Å². The van der Waals surface area contributed by atoms with E-state index < -0.39 is 0 Å². The number of carbonyl (C=O) groups is 1. The van der Waals surface area contributed by atoms with Crippen molar-refractivity contribution in [1.82, 2.24) is 25.2 Å². The highest BCUT2D eigenvalue weighted by Crippen LogP contribution is 2.28. The van der Waals surface area contributed by atoms with Crippen molar-refractivity contribution in [3.63, 3.8) is 0 Å². The number of hydrogen-bond donors (Lipinski definition) is 1. The van der Waals surface area contributed by atoms with E-state index in [-0.39, 0.29) is 24.4 Å². The summed E-state index contributed by atoms with van der Waals surface area (Å²) in [6.07, 6.45) is 5.48. The number of aromatic nitrogens is 3. The van der Waals surface area contributed by atoms with Crippen molar-refractivity contribution >= 4 is 29.7 Å². The minimum absolute atomic E-state index is 0. The molecule has 0 bridgehead atoms. The molecule has 3 heterocycles. The van der Waals surface area contributed by atoms with Crippen molar-refractivity contribution in [2.45, 2.75) is 25.8 Å². The second kappa shape index (κ2) is 7.81. The highest BCUT2D eigenvalue weighted by atomic mass is 35.5. The van der Waals surface area contributed by atoms with E-state index in [2.05, 4.69) is 20.3 Å². The number of carbonyl (C=O) groups excluding carboxylic acids is 1. The van der Waals surface area contributed by atoms with Crippen molar-refractivity contribution in [3.8, 4) is 10.8 Å². The van der Waals surface area contributed by atoms with Crippen LogP contribution in [0, 0.1) is 6.92 Å². The fraction of sp³-hybridized carbons (Fsp3) is 0.467. The second-order valence-corrected chi connectivity index (χ2v) is 6.36. The lowest BCUT2D eigenvalue weighted by Gasteiger charge is -2.24. The smallest absolute Gasteiger partial charge is 0.266 e. The largest absolute Gasteiger partial charge is 0.334 e. The molecule has 1 atom stereocenters. The molecule has 1 aliphatic rings. The van der Waals surface area contributed by atoms with Crippen LogP contribution in [0.2, 0.25) is 0 Å². The van der Waals surface area contributed by atoms with Crippen LogP contribution in [-0.2, 0) is 0 Å². The highest BCUT2D eigenvalue weighted by molar-refractivity contribution is 7.17. The molecule has 124 valence electrons. The number of likely N-dealkylation sites (tertiary alicyclic amines) is 1. The normalized spacial score (nSPS) is 17.1. The molecule has 2 aromatic heterocycles. The molecule has 2 aromatic rings. The maximum Gasteiger partial charge on any atom is 0.266 e. The van der Waals surface area contributed by atoms with Crippen LogP contribution in [0.15, 0.2) is 18.5 Å². The van der Waals surface area contributed by atoms with Gasteiger partial charge in [-0.05, 0) is 32.9 Å². The lowest BCUT2D eigenvalue weighted by atomic mass is 10.2. The zero-order chi connectivity index (χ0) is 15.5. The lowest BCUT2D eigenvalue weighted by molar-refractivity contribution is 0.0741. The van der Waals surface area contributed by atoms with Gasteiger partial charge >= 0.3 is 0 Å². The summed E-state index contributed by atoms with van der Waals surface area (Å²) < 4.78 is 0. The van der Waals surface area contributed by atoms with Crippen LogP contribution in [0.25, 0.3) is 10.8 Å². The zero-order valence-electron chi connectivity index (χ0n) is 13.2. The molecule has 0 radical (unpaired) electrons. The number of amides is 1. The van der Waals surface area contributed by atoms with E-state index in [1.54, 1.807) is 18.5 Å². The van der Waals surface area contributed by atoms with E-state index in [0.29, 0.717) is 15.7 Å². The van der Waals surface area contributed by atoms with Crippen molar-refractivity contribution in [2.24, 2.45) is 0 Å². The molecule has 0 aliphatic carbocycles. The predicted molar refractivity (Wildman–Crippen MR) is 93.1 cm³/mol. The minimum Gasteiger partial charge on any atom is -0.334 e. The quantitative estimate of drug-likeness (QED) is 0.912. The lowest BCUT2D eigenvalue weighted by Crippen LogP contribution is -2.40. The summed E-state index contributed by atoms with van der Waals surface area (Å²) in [4.78, 5) is 28.4. The minimum atomic E-state index is 0. The topological polar surface area (TPSA) is 71.0 Å². The van der Waals surface area contributed by atoms with Gasteiger partial charge in [0.2, 0.25) is 0 Å². The molecule has 1 fully saturated rings. The number of aryl methyl sites for hydroxylation is 1. The summed E-state index contributed by atoms with van der Waals surface area (Å²) in [5, 5.41) is 3.87. The van der Waals surface area contributed by atoms with Gasteiger partial charge in [0.15, 0.2) is 10.8 Å². The van der Waals surface area contributed by atoms with Crippen LogP contribution in [0.3, 0.4) is 0 Å². The monoisotopic (exact) mass is 353 g/mol. The van der Waals surface area contributed by atoms with Gasteiger partial charge in [-0.2, -0.15) is 0 Å². The third-order valence-electron chi connectivity index (χ3n) is 3.83. The number of nitrogens with one attached hydrogen (secondary N) is 1. The van der Waals surface area contributed by atoms with Crippen LogP contribution in [0.4, 0.5) is 0 Å². The Kier molecular flexibility index (Phi) is 6.04. The van der Waals surface area contributed by atoms with E-state index in [4.69, 9.17) is 0 Å². The molecule has 6 nitrogen and oxygen atoms in total. The molecular weight excluding hydrogens is 334 g/mol. The molecule has 0 spiro atoms. The molecule has 8 heteroatoms. The summed E-state index contributed by atoms with van der Waals surface area (Å²) in [6.45, 7) is 3.53. The standard InChI is InChI=1S/C15H19N5OS.ClH/c1-10-12(15(21)20-8-3-5-11(20)9-16-2)22-14(19-10)13-17-6-4-7-18-13;/h4,6-7,11,16H,3,5,8-9H2,1-2H3;1H. The maximum atomic E-state index is 12.8. The molecular formula is C15H20ClN5OS. The van der Waals surface area contributed by atoms with E-state index in [9.17, 15) is 4.79 Å². The van der Waals surface area contributed by atoms with E-state index in [1.807, 2.05) is 18.9 Å². The Morgan fingerprint density at radius 3 is 2.87 bits per heavy atom. The fourth-order valence-electron chi connectivity index (χ4n) is 2.78. The highest BCUT2D eigenvalue weighted by Gasteiger charge is 2.31. The first kappa shape index (κ1) is 17.8. The van der Waals surface area contributed by atoms with E-state index >= 15 is 0 Å². The SMILES string of the molecule is CNCC1CCCN1C(=O)c1sc(-c2ncccn2)nc1C.Cl. The second-order valence-electron chi connectivity index (χ2n) is 5.36. The van der Waals surface area contributed by atoms with Crippen LogP contribution in [0.5, 0.6) is 0 Å². The van der Waals surface area contributed by atoms with Gasteiger partial charge in [-0.25, -0.2) is 15.0 Å². The summed E-state index contributed by atoms with van der Waals surface area (Å²) in [7, 11) is 1.92. The number of rotatable bonds is 4. The van der Waals surface area contributed by atoms with Gasteiger partial charge in [-0.3, -0.25) is 4.79 Å². The first-order valence-electron chi connectivity index (χ1n) is 7.41. The summed E-state index contributed by atoms with van der Waals surface area (Å²) in [5.74, 6) is 0.651. The predicted octanol–water partition coefficient (Wildman–Crippen LogP) is 2.15. The molecule has 1 unspecified atom stereocenters. The van der Waals surface area contributed by atoms with Crippen molar-refractivity contribution in [3.05, 3.63) is 29.0 Å². The molecule has 1 saturated heterocycles. The molecule has 0 saturated carbocycles. The number of likely N-dealkylation sites (N-methyl/N-ethyl adjacent to an activating group) is 1. The first-order chi connectivity index (χ1) is 10.7. The van der Waals surface area contributed by atoms with Crippen molar-refractivity contribution < 1.29 is 4.79 Å². The zero-order valence-corrected chi connectivity index (χ0v) is 14.8. The molecule has 1 N–H and O–H groups in total. The van der Waals surface area contributed by atoms with Gasteiger partial charge in [0.1, 0.15) is 4.88 Å². The first-order valence-corrected chi connectivity index (χ1v) is 8.22. The number of halogens is 1. The summed E-state index contributed by atoms with van der Waals surface area (Å²) >= 11 is 1.38. The van der Waals surface area contributed by atoms with Crippen LogP contribution in [-0.4, -0.2) is 51.9 Å². The molecule has 3 rings (SSSR count). The van der Waals surface area contributed by atoms with Gasteiger partial charge in [0.05, 0.1) is 5.69 Å². The van der Waals surface area contributed by atoms with Crippen LogP contribution >= 0.6 is 23.7 Å². The van der Waals surface area contributed by atoms with Crippen LogP contribution < -0.4 is 5.32 Å². The molecule has 1 aliphatic heterocycles. The Morgan fingerprint density at radius 1 is 1.43 bits per heavy atom. The fourth-order valence-corrected chi connectivity index (χ4v) is 3.75. The Hall–Kier alpha value is -1.57. The number of nitrogens with zero attached hydrogens (tertiary/aromatic N) is 4. The Labute approximate surface area is 145 Å². The Balaban J connectivity index is 0.00000192. The number of hydrogen-bond acceptors (Lipinski definition) is 6. The Morgan fingerprint density at radius 2 is 2.17 bits per heavy atom. The van der Waals surface area contributed by atoms with Crippen LogP contribution in [0.1, 0.15) is 28.2 Å². The van der Waals surface area contributed by atoms with Gasteiger partial charge in [0, 0.05) is 31.5 Å². The van der Waals surface area contributed by atoms with Gasteiger partial charge in [-0.1, -0.05) is 0 Å². The van der Waals surface area contributed by atoms with Gasteiger partial charge < -0.3 is 10.2 Å². The third-order valence-corrected chi connectivity index (χ3v) is 4.97. The van der Waals surface area contributed by atoms with E-state index in [0.717, 1.165) is 31.6 Å². The Bertz CT molecular complexity index is 663. The molecule has 0 aromatic carbocycles. The molecule has 23 heavy (non-hydrogen) atoms. The maximum absolute atomic E-state index is 12.8. The van der Waals surface area contributed by atoms with Crippen molar-refractivity contribution in [2.75, 3.05) is 20.1 Å². The average Bonchev–Trinajstić information content (AvgIpc) is 3.15. The summed E-state index contributed by atoms with van der Waals surface area (Å²) in [6, 6.07) is 2.04. The average molecular weight is 354 g/mol. The number of thiazole rings is 1. The summed E-state index contributed by atoms with van der Waals surface area (Å²) in [5.41, 5.74) is 0.757. The van der Waals surface area contributed by atoms with Gasteiger partial charge in [-0.15, -0.1) is 23.7 Å². The third kappa shape index (κ3) is 3.68. The molecule has 1 amide bonds. The van der Waals surface area contributed by atoms with Crippen molar-refractivity contribution in [1.29, 1.82) is 0 Å².